The van der Waals surface area contributed by atoms with E-state index < -0.39 is 18.4 Å². The molecule has 1 nitrogen and oxygen atoms in total. The molecule has 124 valence electrons. The van der Waals surface area contributed by atoms with E-state index in [-0.39, 0.29) is 0 Å². The molecule has 0 radical (unpaired) electrons. The topological polar surface area (TPSA) is 20.2 Å². The number of rotatable bonds is 11. The van der Waals surface area contributed by atoms with Crippen LogP contribution in [0.1, 0.15) is 64.9 Å². The van der Waals surface area contributed by atoms with Crippen LogP contribution in [0.3, 0.4) is 0 Å². The normalized spacial score (nSPS) is 11.6. The summed E-state index contributed by atoms with van der Waals surface area (Å²) in [5.74, 6) is 0.375. The Bertz CT molecular complexity index is 431. The average Bonchev–Trinajstić information content (AvgIpc) is 2.54. The van der Waals surface area contributed by atoms with Gasteiger partial charge in [-0.05, 0) is 0 Å². The van der Waals surface area contributed by atoms with Crippen molar-refractivity contribution in [3.05, 3.63) is 36.4 Å². The van der Waals surface area contributed by atoms with E-state index in [1.807, 2.05) is 12.1 Å². The predicted molar refractivity (Wildman–Crippen MR) is 102 cm³/mol. The van der Waals surface area contributed by atoms with Gasteiger partial charge in [0.25, 0.3) is 0 Å². The molecule has 0 atom stereocenters. The second-order valence-corrected chi connectivity index (χ2v) is 19.9. The quantitative estimate of drug-likeness (QED) is 0.399. The van der Waals surface area contributed by atoms with E-state index in [1.54, 1.807) is 6.07 Å². The molecule has 0 saturated heterocycles. The summed E-state index contributed by atoms with van der Waals surface area (Å²) in [5, 5.41) is 9.84. The molecule has 0 unspecified atom stereocenters. The molecule has 0 aliphatic heterocycles. The first-order chi connectivity index (χ1) is 10.6. The van der Waals surface area contributed by atoms with Gasteiger partial charge in [0.05, 0.1) is 0 Å². The van der Waals surface area contributed by atoms with Crippen LogP contribution in [0.4, 0.5) is 0 Å². The van der Waals surface area contributed by atoms with Crippen LogP contribution in [0.15, 0.2) is 30.8 Å². The molecule has 0 heterocycles. The summed E-state index contributed by atoms with van der Waals surface area (Å²) < 4.78 is 5.74. The first kappa shape index (κ1) is 19.6. The maximum atomic E-state index is 9.84. The van der Waals surface area contributed by atoms with Gasteiger partial charge in [0.15, 0.2) is 0 Å². The fourth-order valence-electron chi connectivity index (χ4n) is 3.37. The van der Waals surface area contributed by atoms with Crippen LogP contribution < -0.4 is 0 Å². The van der Waals surface area contributed by atoms with Crippen LogP contribution in [0, 0.1) is 0 Å². The number of hydrogen-bond acceptors (Lipinski definition) is 1. The predicted octanol–water partition coefficient (Wildman–Crippen LogP) is 6.79. The molecular formula is C20H34OSn. The van der Waals surface area contributed by atoms with Crippen LogP contribution in [-0.4, -0.2) is 23.5 Å². The van der Waals surface area contributed by atoms with E-state index in [2.05, 4.69) is 33.4 Å². The molecule has 0 aliphatic carbocycles. The van der Waals surface area contributed by atoms with Crippen molar-refractivity contribution in [2.24, 2.45) is 0 Å². The monoisotopic (exact) mass is 410 g/mol. The molecule has 0 amide bonds. The number of aromatic hydroxyl groups is 1. The second-order valence-electron chi connectivity index (χ2n) is 6.62. The van der Waals surface area contributed by atoms with Gasteiger partial charge in [-0.1, -0.05) is 0 Å². The first-order valence-corrected chi connectivity index (χ1v) is 16.6. The molecule has 0 spiro atoms. The minimum absolute atomic E-state index is 0.375. The maximum absolute atomic E-state index is 9.84. The Morgan fingerprint density at radius 3 is 1.86 bits per heavy atom. The van der Waals surface area contributed by atoms with Crippen molar-refractivity contribution in [1.29, 1.82) is 0 Å². The summed E-state index contributed by atoms with van der Waals surface area (Å²) in [6.07, 6.45) is 7.89. The van der Waals surface area contributed by atoms with Crippen molar-refractivity contribution in [2.75, 3.05) is 0 Å². The van der Waals surface area contributed by atoms with Gasteiger partial charge in [0, 0.05) is 0 Å². The van der Waals surface area contributed by atoms with Gasteiger partial charge < -0.3 is 0 Å². The zero-order valence-corrected chi connectivity index (χ0v) is 17.7. The third-order valence-corrected chi connectivity index (χ3v) is 20.6. The first-order valence-electron chi connectivity index (χ1n) is 9.08. The number of benzene rings is 1. The number of hydrogen-bond donors (Lipinski definition) is 1. The third kappa shape index (κ3) is 5.64. The standard InChI is InChI=1S/C8H7O.3C4H9.Sn/c1-2-7-4-3-5-8(9)6-7;3*1-3-4-2;/h3-6,9H,1H2;3*1,3-4H2,2H3;. The van der Waals surface area contributed by atoms with Crippen molar-refractivity contribution in [3.63, 3.8) is 0 Å². The van der Waals surface area contributed by atoms with Crippen molar-refractivity contribution in [2.45, 2.75) is 72.6 Å². The fraction of sp³-hybridized carbons (Fsp3) is 0.600. The Morgan fingerprint density at radius 1 is 0.955 bits per heavy atom. The van der Waals surface area contributed by atoms with Crippen LogP contribution in [0.2, 0.25) is 13.3 Å². The van der Waals surface area contributed by atoms with E-state index in [4.69, 9.17) is 0 Å². The molecule has 1 aromatic rings. The fourth-order valence-corrected chi connectivity index (χ4v) is 19.1. The number of phenols is 1. The summed E-state index contributed by atoms with van der Waals surface area (Å²) in [5.41, 5.74) is 1.21. The third-order valence-electron chi connectivity index (χ3n) is 4.86. The van der Waals surface area contributed by atoms with Crippen LogP contribution in [-0.2, 0) is 0 Å². The van der Waals surface area contributed by atoms with Crippen molar-refractivity contribution in [1.82, 2.24) is 0 Å². The van der Waals surface area contributed by atoms with E-state index in [1.165, 1.54) is 61.0 Å². The number of unbranched alkanes of at least 4 members (excludes halogenated alkanes) is 3. The Labute approximate surface area is 141 Å². The van der Waals surface area contributed by atoms with Crippen molar-refractivity contribution >= 4 is 22.0 Å². The molecular weight excluding hydrogens is 375 g/mol. The molecule has 0 bridgehead atoms. The minimum atomic E-state index is -2.42. The summed E-state index contributed by atoms with van der Waals surface area (Å²) in [6.45, 7) is 11.5. The second kappa shape index (κ2) is 10.4. The molecule has 1 rings (SSSR count). The van der Waals surface area contributed by atoms with Gasteiger partial charge in [-0.15, -0.1) is 0 Å². The number of phenolic OH excluding ortho intramolecular Hbond substituents is 1. The Hall–Kier alpha value is -0.441. The van der Waals surface area contributed by atoms with Gasteiger partial charge in [-0.3, -0.25) is 0 Å². The van der Waals surface area contributed by atoms with E-state index in [0.717, 1.165) is 0 Å². The van der Waals surface area contributed by atoms with Gasteiger partial charge in [-0.25, -0.2) is 0 Å². The molecule has 2 heteroatoms. The van der Waals surface area contributed by atoms with Crippen molar-refractivity contribution < 1.29 is 5.11 Å². The Kier molecular flexibility index (Phi) is 9.23. The van der Waals surface area contributed by atoms with Gasteiger partial charge >= 0.3 is 142 Å². The molecule has 0 saturated carbocycles. The average molecular weight is 409 g/mol. The molecule has 0 aliphatic rings. The molecule has 1 aromatic carbocycles. The summed E-state index contributed by atoms with van der Waals surface area (Å²) in [6, 6.07) is 7.81. The van der Waals surface area contributed by atoms with Crippen LogP contribution in [0.25, 0.3) is 3.59 Å². The van der Waals surface area contributed by atoms with E-state index in [0.29, 0.717) is 5.75 Å². The summed E-state index contributed by atoms with van der Waals surface area (Å²) in [4.78, 5) is 0. The SMILES string of the molecule is C=[C](c1cccc(O)c1)[Sn]([CH2]CCC)([CH2]CCC)[CH2]CCC. The summed E-state index contributed by atoms with van der Waals surface area (Å²) >= 11 is -2.42. The zero-order chi connectivity index (χ0) is 16.4. The molecule has 0 aromatic heterocycles. The summed E-state index contributed by atoms with van der Waals surface area (Å²) in [7, 11) is 0. The Morgan fingerprint density at radius 2 is 1.45 bits per heavy atom. The van der Waals surface area contributed by atoms with Crippen LogP contribution >= 0.6 is 0 Å². The Balaban J connectivity index is 3.09. The van der Waals surface area contributed by atoms with Gasteiger partial charge in [-0.2, -0.15) is 0 Å². The molecule has 22 heavy (non-hydrogen) atoms. The molecule has 1 N–H and O–H groups in total. The zero-order valence-electron chi connectivity index (χ0n) is 14.8. The van der Waals surface area contributed by atoms with E-state index in [9.17, 15) is 5.11 Å². The van der Waals surface area contributed by atoms with Crippen molar-refractivity contribution in [3.8, 4) is 5.75 Å². The van der Waals surface area contributed by atoms with Crippen LogP contribution in [0.5, 0.6) is 5.75 Å². The van der Waals surface area contributed by atoms with Gasteiger partial charge in [0.2, 0.25) is 0 Å². The van der Waals surface area contributed by atoms with Gasteiger partial charge in [0.1, 0.15) is 0 Å². The van der Waals surface area contributed by atoms with E-state index >= 15 is 0 Å². The molecule has 0 fully saturated rings.